The molecule has 5 heteroatoms. The third kappa shape index (κ3) is 2.15. The predicted octanol–water partition coefficient (Wildman–Crippen LogP) is 3.95. The predicted molar refractivity (Wildman–Crippen MR) is 75.8 cm³/mol. The van der Waals surface area contributed by atoms with Crippen LogP contribution < -0.4 is 4.74 Å². The average molecular weight is 282 g/mol. The maximum absolute atomic E-state index is 9.00. The summed E-state index contributed by atoms with van der Waals surface area (Å²) < 4.78 is 5.71. The molecule has 0 amide bonds. The van der Waals surface area contributed by atoms with Gasteiger partial charge in [0.15, 0.2) is 0 Å². The van der Waals surface area contributed by atoms with Crippen LogP contribution in [0.3, 0.4) is 0 Å². The first-order valence-corrected chi connectivity index (χ1v) is 6.23. The first kappa shape index (κ1) is 12.4. The Morgan fingerprint density at radius 2 is 1.75 bits per heavy atom. The van der Waals surface area contributed by atoms with Gasteiger partial charge < -0.3 is 4.74 Å². The van der Waals surface area contributed by atoms with Crippen molar-refractivity contribution in [3.8, 4) is 17.7 Å². The van der Waals surface area contributed by atoms with E-state index in [1.165, 1.54) is 12.4 Å². The van der Waals surface area contributed by atoms with Gasteiger partial charge in [0.1, 0.15) is 11.8 Å². The smallest absolute Gasteiger partial charge is 0.256 e. The van der Waals surface area contributed by atoms with Crippen molar-refractivity contribution in [1.82, 2.24) is 9.97 Å². The molecule has 4 nitrogen and oxygen atoms in total. The van der Waals surface area contributed by atoms with Gasteiger partial charge in [0.05, 0.1) is 0 Å². The molecule has 0 spiro atoms. The molecule has 0 saturated carbocycles. The van der Waals surface area contributed by atoms with E-state index >= 15 is 0 Å². The summed E-state index contributed by atoms with van der Waals surface area (Å²) in [5.41, 5.74) is 0.145. The highest BCUT2D eigenvalue weighted by Crippen LogP contribution is 2.33. The van der Waals surface area contributed by atoms with E-state index in [1.807, 2.05) is 30.3 Å². The fraction of sp³-hybridized carbons (Fsp3) is 0. The fourth-order valence-electron chi connectivity index (χ4n) is 1.90. The molecule has 20 heavy (non-hydrogen) atoms. The van der Waals surface area contributed by atoms with Crippen molar-refractivity contribution in [2.24, 2.45) is 0 Å². The Morgan fingerprint density at radius 1 is 1.00 bits per heavy atom. The number of benzene rings is 2. The zero-order valence-electron chi connectivity index (χ0n) is 10.2. The Morgan fingerprint density at radius 3 is 2.55 bits per heavy atom. The molecule has 3 aromatic rings. The van der Waals surface area contributed by atoms with Gasteiger partial charge >= 0.3 is 0 Å². The molecule has 0 aliphatic carbocycles. The molecule has 0 atom stereocenters. The molecule has 96 valence electrons. The second-order valence-corrected chi connectivity index (χ2v) is 4.42. The van der Waals surface area contributed by atoms with Gasteiger partial charge in [-0.2, -0.15) is 5.26 Å². The van der Waals surface area contributed by atoms with Gasteiger partial charge in [0.25, 0.3) is 5.88 Å². The molecule has 3 rings (SSSR count). The van der Waals surface area contributed by atoms with Gasteiger partial charge in [-0.05, 0) is 12.1 Å². The Labute approximate surface area is 120 Å². The number of halogens is 1. The van der Waals surface area contributed by atoms with E-state index in [2.05, 4.69) is 9.97 Å². The van der Waals surface area contributed by atoms with Gasteiger partial charge in [-0.15, -0.1) is 0 Å². The van der Waals surface area contributed by atoms with Crippen molar-refractivity contribution in [3.05, 3.63) is 59.5 Å². The quantitative estimate of drug-likeness (QED) is 0.714. The molecule has 0 radical (unpaired) electrons. The highest BCUT2D eigenvalue weighted by Gasteiger charge is 2.10. The molecular weight excluding hydrogens is 274 g/mol. The Hall–Kier alpha value is -2.64. The molecule has 1 heterocycles. The highest BCUT2D eigenvalue weighted by atomic mass is 35.5. The van der Waals surface area contributed by atoms with Gasteiger partial charge in [0.2, 0.25) is 5.69 Å². The second-order valence-electron chi connectivity index (χ2n) is 4.02. The van der Waals surface area contributed by atoms with Crippen molar-refractivity contribution >= 4 is 22.4 Å². The summed E-state index contributed by atoms with van der Waals surface area (Å²) in [4.78, 5) is 7.95. The Bertz CT molecular complexity index is 827. The third-order valence-corrected chi connectivity index (χ3v) is 3.14. The van der Waals surface area contributed by atoms with Crippen molar-refractivity contribution < 1.29 is 4.74 Å². The van der Waals surface area contributed by atoms with Gasteiger partial charge in [-0.25, -0.2) is 9.97 Å². The van der Waals surface area contributed by atoms with Crippen molar-refractivity contribution in [1.29, 1.82) is 5.26 Å². The number of hydrogen-bond donors (Lipinski definition) is 0. The van der Waals surface area contributed by atoms with Crippen LogP contribution >= 0.6 is 11.6 Å². The zero-order valence-corrected chi connectivity index (χ0v) is 11.0. The first-order valence-electron chi connectivity index (χ1n) is 5.86. The minimum Gasteiger partial charge on any atom is -0.436 e. The summed E-state index contributed by atoms with van der Waals surface area (Å²) in [6.45, 7) is 0. The van der Waals surface area contributed by atoms with Crippen LogP contribution in [-0.2, 0) is 0 Å². The van der Waals surface area contributed by atoms with Crippen LogP contribution in [0, 0.1) is 11.3 Å². The number of hydrogen-bond acceptors (Lipinski definition) is 4. The largest absolute Gasteiger partial charge is 0.436 e. The molecule has 1 aromatic heterocycles. The van der Waals surface area contributed by atoms with Crippen LogP contribution in [0.1, 0.15) is 5.69 Å². The highest BCUT2D eigenvalue weighted by molar-refractivity contribution is 6.35. The summed E-state index contributed by atoms with van der Waals surface area (Å²) >= 11 is 6.15. The number of rotatable bonds is 2. The van der Waals surface area contributed by atoms with E-state index in [0.29, 0.717) is 10.8 Å². The lowest BCUT2D eigenvalue weighted by atomic mass is 10.1. The van der Waals surface area contributed by atoms with Crippen LogP contribution in [0.4, 0.5) is 0 Å². The van der Waals surface area contributed by atoms with Gasteiger partial charge in [-0.3, -0.25) is 0 Å². The average Bonchev–Trinajstić information content (AvgIpc) is 2.51. The van der Waals surface area contributed by atoms with Crippen LogP contribution in [-0.4, -0.2) is 9.97 Å². The Kier molecular flexibility index (Phi) is 3.20. The molecule has 0 bridgehead atoms. The summed E-state index contributed by atoms with van der Waals surface area (Å²) in [7, 11) is 0. The lowest BCUT2D eigenvalue weighted by Crippen LogP contribution is -1.94. The topological polar surface area (TPSA) is 58.8 Å². The number of nitrogens with zero attached hydrogens (tertiary/aromatic N) is 3. The molecule has 0 aliphatic rings. The molecule has 0 unspecified atom stereocenters. The Balaban J connectivity index is 2.12. The first-order chi connectivity index (χ1) is 9.79. The van der Waals surface area contributed by atoms with E-state index in [1.54, 1.807) is 12.1 Å². The summed E-state index contributed by atoms with van der Waals surface area (Å²) in [5.74, 6) is 0.768. The van der Waals surface area contributed by atoms with E-state index in [0.717, 1.165) is 10.8 Å². The third-order valence-electron chi connectivity index (χ3n) is 2.81. The number of ether oxygens (including phenoxy) is 1. The standard InChI is InChI=1S/C15H8ClN3O/c16-12-5-6-14(11-4-2-1-3-10(11)12)20-15-13(9-17)18-7-8-19-15/h1-8H. The number of aromatic nitrogens is 2. The maximum Gasteiger partial charge on any atom is 0.256 e. The van der Waals surface area contributed by atoms with Crippen molar-refractivity contribution in [3.63, 3.8) is 0 Å². The van der Waals surface area contributed by atoms with Crippen LogP contribution in [0.25, 0.3) is 10.8 Å². The normalized spacial score (nSPS) is 10.2. The summed E-state index contributed by atoms with van der Waals surface area (Å²) in [6.07, 6.45) is 2.93. The van der Waals surface area contributed by atoms with E-state index < -0.39 is 0 Å². The fourth-order valence-corrected chi connectivity index (χ4v) is 2.13. The van der Waals surface area contributed by atoms with Crippen LogP contribution in [0.5, 0.6) is 11.6 Å². The van der Waals surface area contributed by atoms with E-state index in [-0.39, 0.29) is 11.6 Å². The molecule has 2 aromatic carbocycles. The van der Waals surface area contributed by atoms with E-state index in [4.69, 9.17) is 21.6 Å². The lowest BCUT2D eigenvalue weighted by molar-refractivity contribution is 0.463. The van der Waals surface area contributed by atoms with Crippen molar-refractivity contribution in [2.45, 2.75) is 0 Å². The monoisotopic (exact) mass is 281 g/mol. The number of fused-ring (bicyclic) bond motifs is 1. The van der Waals surface area contributed by atoms with E-state index in [9.17, 15) is 0 Å². The molecule has 0 aliphatic heterocycles. The van der Waals surface area contributed by atoms with Gasteiger partial charge in [-0.1, -0.05) is 35.9 Å². The molecule has 0 fully saturated rings. The van der Waals surface area contributed by atoms with Gasteiger partial charge in [0, 0.05) is 28.2 Å². The second kappa shape index (κ2) is 5.16. The molecular formula is C15H8ClN3O. The molecule has 0 N–H and O–H groups in total. The minimum absolute atomic E-state index is 0.145. The summed E-state index contributed by atoms with van der Waals surface area (Å²) in [5, 5.41) is 11.4. The SMILES string of the molecule is N#Cc1nccnc1Oc1ccc(Cl)c2ccccc12. The van der Waals surface area contributed by atoms with Crippen LogP contribution in [0.15, 0.2) is 48.8 Å². The number of nitriles is 1. The van der Waals surface area contributed by atoms with Crippen molar-refractivity contribution in [2.75, 3.05) is 0 Å². The maximum atomic E-state index is 9.00. The van der Waals surface area contributed by atoms with Crippen LogP contribution in [0.2, 0.25) is 5.02 Å². The lowest BCUT2D eigenvalue weighted by Gasteiger charge is -2.09. The minimum atomic E-state index is 0.145. The summed E-state index contributed by atoms with van der Waals surface area (Å²) in [6, 6.07) is 13.1. The molecule has 0 saturated heterocycles. The zero-order chi connectivity index (χ0) is 13.9.